The van der Waals surface area contributed by atoms with Crippen LogP contribution >= 0.6 is 11.3 Å². The van der Waals surface area contributed by atoms with E-state index in [1.165, 1.54) is 6.42 Å². The van der Waals surface area contributed by atoms with Crippen molar-refractivity contribution in [3.8, 4) is 5.19 Å². The highest BCUT2D eigenvalue weighted by molar-refractivity contribution is 7.20. The summed E-state index contributed by atoms with van der Waals surface area (Å²) in [4.78, 5) is 18.8. The van der Waals surface area contributed by atoms with E-state index in [2.05, 4.69) is 11.1 Å². The maximum absolute atomic E-state index is 12.4. The second kappa shape index (κ2) is 8.25. The summed E-state index contributed by atoms with van der Waals surface area (Å²) in [5.74, 6) is 0. The SMILES string of the molecule is CC(C)(C)OC(=O)N1CCCC[C@@H]1CCCOc1nc2ccccc2s1. The van der Waals surface area contributed by atoms with Gasteiger partial charge in [0.1, 0.15) is 5.60 Å². The number of hydrogen-bond donors (Lipinski definition) is 0. The number of hydrogen-bond acceptors (Lipinski definition) is 5. The van der Waals surface area contributed by atoms with Crippen LogP contribution < -0.4 is 4.74 Å². The maximum atomic E-state index is 12.4. The number of benzene rings is 1. The number of thiazole rings is 1. The molecular weight excluding hydrogens is 348 g/mol. The van der Waals surface area contributed by atoms with Gasteiger partial charge in [-0.3, -0.25) is 0 Å². The second-order valence-electron chi connectivity index (χ2n) is 7.76. The maximum Gasteiger partial charge on any atom is 0.410 e. The molecule has 1 saturated heterocycles. The molecule has 1 fully saturated rings. The lowest BCUT2D eigenvalue weighted by atomic mass is 9.98. The van der Waals surface area contributed by atoms with E-state index in [0.717, 1.165) is 47.6 Å². The van der Waals surface area contributed by atoms with Crippen LogP contribution in [0.5, 0.6) is 5.19 Å². The topological polar surface area (TPSA) is 51.7 Å². The Labute approximate surface area is 159 Å². The van der Waals surface area contributed by atoms with Crippen LogP contribution in [-0.2, 0) is 4.74 Å². The molecule has 26 heavy (non-hydrogen) atoms. The molecule has 0 spiro atoms. The lowest BCUT2D eigenvalue weighted by molar-refractivity contribution is 0.00824. The van der Waals surface area contributed by atoms with Crippen molar-refractivity contribution in [1.82, 2.24) is 9.88 Å². The first kappa shape index (κ1) is 19.0. The summed E-state index contributed by atoms with van der Waals surface area (Å²) in [5, 5.41) is 0.721. The van der Waals surface area contributed by atoms with Gasteiger partial charge in [0, 0.05) is 12.6 Å². The van der Waals surface area contributed by atoms with E-state index >= 15 is 0 Å². The molecule has 0 unspecified atom stereocenters. The second-order valence-corrected chi connectivity index (χ2v) is 8.75. The number of nitrogens with zero attached hydrogens (tertiary/aromatic N) is 2. The first-order chi connectivity index (χ1) is 12.4. The molecule has 1 amide bonds. The van der Waals surface area contributed by atoms with Crippen molar-refractivity contribution in [3.05, 3.63) is 24.3 Å². The molecule has 1 aliphatic heterocycles. The number of likely N-dealkylation sites (tertiary alicyclic amines) is 1. The minimum absolute atomic E-state index is 0.186. The first-order valence-corrected chi connectivity index (χ1v) is 10.2. The lowest BCUT2D eigenvalue weighted by Gasteiger charge is -2.36. The van der Waals surface area contributed by atoms with Crippen molar-refractivity contribution in [2.75, 3.05) is 13.2 Å². The van der Waals surface area contributed by atoms with Crippen molar-refractivity contribution >= 4 is 27.6 Å². The molecule has 0 aliphatic carbocycles. The molecule has 1 aliphatic rings. The molecule has 0 saturated carbocycles. The largest absolute Gasteiger partial charge is 0.470 e. The summed E-state index contributed by atoms with van der Waals surface area (Å²) in [6.45, 7) is 7.15. The number of carbonyl (C=O) groups is 1. The van der Waals surface area contributed by atoms with Crippen LogP contribution in [0.2, 0.25) is 0 Å². The van der Waals surface area contributed by atoms with Gasteiger partial charge in [-0.2, -0.15) is 0 Å². The third-order valence-electron chi connectivity index (χ3n) is 4.44. The number of ether oxygens (including phenoxy) is 2. The van der Waals surface area contributed by atoms with E-state index in [1.807, 2.05) is 43.9 Å². The van der Waals surface area contributed by atoms with E-state index in [0.29, 0.717) is 6.61 Å². The van der Waals surface area contributed by atoms with E-state index in [1.54, 1.807) is 11.3 Å². The monoisotopic (exact) mass is 376 g/mol. The van der Waals surface area contributed by atoms with Gasteiger partial charge in [-0.05, 0) is 65.0 Å². The molecular formula is C20H28N2O3S. The number of amides is 1. The molecule has 0 radical (unpaired) electrons. The predicted octanol–water partition coefficient (Wildman–Crippen LogP) is 5.24. The van der Waals surface area contributed by atoms with Gasteiger partial charge < -0.3 is 14.4 Å². The van der Waals surface area contributed by atoms with Gasteiger partial charge in [0.15, 0.2) is 0 Å². The summed E-state index contributed by atoms with van der Waals surface area (Å²) in [5.41, 5.74) is 0.533. The molecule has 3 rings (SSSR count). The number of para-hydroxylation sites is 1. The van der Waals surface area contributed by atoms with Crippen LogP contribution in [0.15, 0.2) is 24.3 Å². The van der Waals surface area contributed by atoms with E-state index in [-0.39, 0.29) is 12.1 Å². The molecule has 1 aromatic carbocycles. The van der Waals surface area contributed by atoms with E-state index in [9.17, 15) is 4.79 Å². The zero-order chi connectivity index (χ0) is 18.6. The quantitative estimate of drug-likeness (QED) is 0.669. The summed E-state index contributed by atoms with van der Waals surface area (Å²) in [6, 6.07) is 8.30. The highest BCUT2D eigenvalue weighted by atomic mass is 32.1. The fraction of sp³-hybridized carbons (Fsp3) is 0.600. The van der Waals surface area contributed by atoms with Crippen LogP contribution in [0.3, 0.4) is 0 Å². The molecule has 6 heteroatoms. The zero-order valence-electron chi connectivity index (χ0n) is 15.9. The molecule has 2 aromatic rings. The third-order valence-corrected chi connectivity index (χ3v) is 5.39. The van der Waals surface area contributed by atoms with Crippen LogP contribution in [0.1, 0.15) is 52.9 Å². The van der Waals surface area contributed by atoms with Crippen LogP contribution in [0, 0.1) is 0 Å². The zero-order valence-corrected chi connectivity index (χ0v) is 16.7. The van der Waals surface area contributed by atoms with E-state index < -0.39 is 5.60 Å². The first-order valence-electron chi connectivity index (χ1n) is 9.40. The van der Waals surface area contributed by atoms with Gasteiger partial charge >= 0.3 is 6.09 Å². The van der Waals surface area contributed by atoms with Crippen LogP contribution in [-0.4, -0.2) is 40.8 Å². The Bertz CT molecular complexity index is 705. The molecule has 0 N–H and O–H groups in total. The predicted molar refractivity (Wildman–Crippen MR) is 105 cm³/mol. The van der Waals surface area contributed by atoms with Crippen molar-refractivity contribution in [2.45, 2.75) is 64.5 Å². The minimum Gasteiger partial charge on any atom is -0.470 e. The Hall–Kier alpha value is -1.82. The Kier molecular flexibility index (Phi) is 6.01. The Morgan fingerprint density at radius 3 is 2.88 bits per heavy atom. The summed E-state index contributed by atoms with van der Waals surface area (Å²) >= 11 is 1.58. The average molecular weight is 377 g/mol. The number of aromatic nitrogens is 1. The Morgan fingerprint density at radius 2 is 2.12 bits per heavy atom. The van der Waals surface area contributed by atoms with Crippen molar-refractivity contribution in [2.24, 2.45) is 0 Å². The average Bonchev–Trinajstić information content (AvgIpc) is 3.00. The summed E-state index contributed by atoms with van der Waals surface area (Å²) in [7, 11) is 0. The van der Waals surface area contributed by atoms with Crippen LogP contribution in [0.25, 0.3) is 10.2 Å². The number of piperidine rings is 1. The van der Waals surface area contributed by atoms with Gasteiger partial charge in [0.2, 0.25) is 0 Å². The molecule has 0 bridgehead atoms. The number of rotatable bonds is 5. The molecule has 5 nitrogen and oxygen atoms in total. The molecule has 1 aromatic heterocycles. The van der Waals surface area contributed by atoms with Crippen molar-refractivity contribution in [3.63, 3.8) is 0 Å². The Morgan fingerprint density at radius 1 is 1.31 bits per heavy atom. The standard InChI is InChI=1S/C20H28N2O3S/c1-20(2,3)25-19(23)22-13-7-6-9-15(22)10-8-14-24-18-21-16-11-4-5-12-17(16)26-18/h4-5,11-12,15H,6-10,13-14H2,1-3H3/t15-/m1/s1. The normalized spacial score (nSPS) is 18.1. The van der Waals surface area contributed by atoms with Gasteiger partial charge in [0.25, 0.3) is 5.19 Å². The highest BCUT2D eigenvalue weighted by Gasteiger charge is 2.30. The lowest BCUT2D eigenvalue weighted by Crippen LogP contribution is -2.46. The molecule has 2 heterocycles. The van der Waals surface area contributed by atoms with Crippen molar-refractivity contribution in [1.29, 1.82) is 0 Å². The fourth-order valence-electron chi connectivity index (χ4n) is 3.25. The highest BCUT2D eigenvalue weighted by Crippen LogP contribution is 2.28. The fourth-order valence-corrected chi connectivity index (χ4v) is 4.09. The number of carbonyl (C=O) groups excluding carboxylic acids is 1. The molecule has 1 atom stereocenters. The summed E-state index contributed by atoms with van der Waals surface area (Å²) < 4.78 is 12.5. The van der Waals surface area contributed by atoms with Gasteiger partial charge in [0.05, 0.1) is 16.8 Å². The third kappa shape index (κ3) is 5.10. The summed E-state index contributed by atoms with van der Waals surface area (Å²) in [6.07, 6.45) is 4.92. The van der Waals surface area contributed by atoms with Crippen molar-refractivity contribution < 1.29 is 14.3 Å². The van der Waals surface area contributed by atoms with Gasteiger partial charge in [-0.25, -0.2) is 9.78 Å². The number of fused-ring (bicyclic) bond motifs is 1. The minimum atomic E-state index is -0.449. The van der Waals surface area contributed by atoms with Crippen LogP contribution in [0.4, 0.5) is 4.79 Å². The molecule has 142 valence electrons. The van der Waals surface area contributed by atoms with Gasteiger partial charge in [-0.1, -0.05) is 23.5 Å². The van der Waals surface area contributed by atoms with E-state index in [4.69, 9.17) is 9.47 Å². The Balaban J connectivity index is 1.48. The smallest absolute Gasteiger partial charge is 0.410 e. The van der Waals surface area contributed by atoms with Gasteiger partial charge in [-0.15, -0.1) is 0 Å².